The Morgan fingerprint density at radius 2 is 1.57 bits per heavy atom. The van der Waals surface area contributed by atoms with Gasteiger partial charge in [-0.25, -0.2) is 0 Å². The summed E-state index contributed by atoms with van der Waals surface area (Å²) < 4.78 is 5.98. The number of nitrogens with one attached hydrogen (secondary N) is 1. The lowest BCUT2D eigenvalue weighted by molar-refractivity contribution is -0.121. The van der Waals surface area contributed by atoms with E-state index in [2.05, 4.69) is 78.7 Å². The summed E-state index contributed by atoms with van der Waals surface area (Å²) in [7, 11) is 0. The molecule has 0 saturated heterocycles. The fourth-order valence-electron chi connectivity index (χ4n) is 3.76. The van der Waals surface area contributed by atoms with Crippen LogP contribution in [0.15, 0.2) is 72.8 Å². The van der Waals surface area contributed by atoms with Gasteiger partial charge in [0.25, 0.3) is 0 Å². The largest absolute Gasteiger partial charge is 0.489 e. The molecule has 1 aliphatic rings. The Balaban J connectivity index is 1.46. The lowest BCUT2D eigenvalue weighted by Crippen LogP contribution is -2.45. The van der Waals surface area contributed by atoms with Crippen LogP contribution in [0, 0.1) is 13.8 Å². The Morgan fingerprint density at radius 1 is 0.933 bits per heavy atom. The smallest absolute Gasteiger partial charge is 0.222 e. The lowest BCUT2D eigenvalue weighted by atomic mass is 10.1. The number of para-hydroxylation sites is 2. The van der Waals surface area contributed by atoms with E-state index in [-0.39, 0.29) is 11.9 Å². The zero-order valence-electron chi connectivity index (χ0n) is 17.6. The number of aryl methyl sites for hydroxylation is 2. The topological polar surface area (TPSA) is 41.6 Å². The van der Waals surface area contributed by atoms with Crippen LogP contribution in [0.2, 0.25) is 0 Å². The Kier molecular flexibility index (Phi) is 6.03. The van der Waals surface area contributed by atoms with Gasteiger partial charge in [-0.2, -0.15) is 0 Å². The molecule has 0 bridgehead atoms. The SMILES string of the molecule is Cc1ccc(CNC(=O)C[C@@H]2COc3ccccc3N2Cc2ccc(C)cc2)cc1. The number of rotatable bonds is 6. The van der Waals surface area contributed by atoms with E-state index in [0.29, 0.717) is 19.6 Å². The summed E-state index contributed by atoms with van der Waals surface area (Å²) >= 11 is 0. The zero-order valence-corrected chi connectivity index (χ0v) is 17.6. The Bertz CT molecular complexity index is 996. The van der Waals surface area contributed by atoms with Gasteiger partial charge in [0.2, 0.25) is 5.91 Å². The van der Waals surface area contributed by atoms with Crippen LogP contribution in [0.25, 0.3) is 0 Å². The van der Waals surface area contributed by atoms with Gasteiger partial charge in [0, 0.05) is 13.1 Å². The highest BCUT2D eigenvalue weighted by Crippen LogP contribution is 2.35. The van der Waals surface area contributed by atoms with E-state index in [0.717, 1.165) is 23.5 Å². The lowest BCUT2D eigenvalue weighted by Gasteiger charge is -2.38. The zero-order chi connectivity index (χ0) is 20.9. The highest BCUT2D eigenvalue weighted by Gasteiger charge is 2.29. The number of ether oxygens (including phenoxy) is 1. The molecule has 1 amide bonds. The number of hydrogen-bond acceptors (Lipinski definition) is 3. The van der Waals surface area contributed by atoms with Crippen LogP contribution in [-0.2, 0) is 17.9 Å². The minimum atomic E-state index is -0.0146. The molecule has 0 fully saturated rings. The Morgan fingerprint density at radius 3 is 2.27 bits per heavy atom. The number of fused-ring (bicyclic) bond motifs is 1. The van der Waals surface area contributed by atoms with E-state index in [9.17, 15) is 4.79 Å². The van der Waals surface area contributed by atoms with Gasteiger partial charge in [0.1, 0.15) is 12.4 Å². The fraction of sp³-hybridized carbons (Fsp3) is 0.269. The second-order valence-electron chi connectivity index (χ2n) is 8.01. The van der Waals surface area contributed by atoms with Crippen molar-refractivity contribution < 1.29 is 9.53 Å². The number of carbonyl (C=O) groups excluding carboxylic acids is 1. The van der Waals surface area contributed by atoms with Crippen LogP contribution in [0.3, 0.4) is 0 Å². The van der Waals surface area contributed by atoms with Crippen molar-refractivity contribution >= 4 is 11.6 Å². The van der Waals surface area contributed by atoms with Crippen LogP contribution in [0.1, 0.15) is 28.7 Å². The summed E-state index contributed by atoms with van der Waals surface area (Å²) in [4.78, 5) is 15.0. The first-order valence-electron chi connectivity index (χ1n) is 10.4. The third-order valence-corrected chi connectivity index (χ3v) is 5.55. The first-order valence-corrected chi connectivity index (χ1v) is 10.4. The van der Waals surface area contributed by atoms with Crippen LogP contribution in [0.5, 0.6) is 5.75 Å². The number of carbonyl (C=O) groups is 1. The van der Waals surface area contributed by atoms with Gasteiger partial charge in [-0.15, -0.1) is 0 Å². The van der Waals surface area contributed by atoms with Gasteiger partial charge >= 0.3 is 0 Å². The van der Waals surface area contributed by atoms with Gasteiger partial charge in [0.05, 0.1) is 18.2 Å². The van der Waals surface area contributed by atoms with Crippen molar-refractivity contribution in [3.63, 3.8) is 0 Å². The van der Waals surface area contributed by atoms with Crippen molar-refractivity contribution in [2.45, 2.75) is 39.4 Å². The molecule has 4 nitrogen and oxygen atoms in total. The Hall–Kier alpha value is -3.27. The minimum Gasteiger partial charge on any atom is -0.489 e. The average molecular weight is 401 g/mol. The maximum absolute atomic E-state index is 12.7. The molecule has 3 aromatic carbocycles. The van der Waals surface area contributed by atoms with Crippen molar-refractivity contribution in [1.29, 1.82) is 0 Å². The molecule has 4 heteroatoms. The van der Waals surface area contributed by atoms with E-state index in [1.807, 2.05) is 18.2 Å². The number of benzene rings is 3. The molecule has 0 aliphatic carbocycles. The molecule has 4 rings (SSSR count). The average Bonchev–Trinajstić information content (AvgIpc) is 2.76. The molecule has 0 saturated carbocycles. The van der Waals surface area contributed by atoms with Crippen LogP contribution < -0.4 is 15.0 Å². The molecule has 1 N–H and O–H groups in total. The normalized spacial score (nSPS) is 15.3. The number of anilines is 1. The predicted molar refractivity (Wildman–Crippen MR) is 121 cm³/mol. The van der Waals surface area contributed by atoms with Crippen LogP contribution in [0.4, 0.5) is 5.69 Å². The molecule has 0 radical (unpaired) electrons. The van der Waals surface area contributed by atoms with E-state index < -0.39 is 0 Å². The highest BCUT2D eigenvalue weighted by molar-refractivity contribution is 5.77. The second-order valence-corrected chi connectivity index (χ2v) is 8.01. The van der Waals surface area contributed by atoms with Crippen molar-refractivity contribution in [3.05, 3.63) is 95.1 Å². The first-order chi connectivity index (χ1) is 14.6. The molecule has 0 spiro atoms. The molecule has 1 atom stereocenters. The monoisotopic (exact) mass is 400 g/mol. The molecule has 1 aliphatic heterocycles. The van der Waals surface area contributed by atoms with Crippen molar-refractivity contribution in [2.75, 3.05) is 11.5 Å². The number of amides is 1. The molecule has 154 valence electrons. The maximum atomic E-state index is 12.7. The molecular weight excluding hydrogens is 372 g/mol. The standard InChI is InChI=1S/C26H28N2O2/c1-19-7-11-21(12-8-19)16-27-26(29)15-23-18-30-25-6-4-3-5-24(25)28(23)17-22-13-9-20(2)10-14-22/h3-14,23H,15-18H2,1-2H3,(H,27,29)/t23-/m1/s1. The molecule has 0 aromatic heterocycles. The molecule has 0 unspecified atom stereocenters. The molecule has 3 aromatic rings. The van der Waals surface area contributed by atoms with Crippen molar-refractivity contribution in [1.82, 2.24) is 5.32 Å². The van der Waals surface area contributed by atoms with E-state index >= 15 is 0 Å². The summed E-state index contributed by atoms with van der Waals surface area (Å²) in [6.07, 6.45) is 0.395. The predicted octanol–water partition coefficient (Wildman–Crippen LogP) is 4.78. The van der Waals surface area contributed by atoms with Crippen molar-refractivity contribution in [3.8, 4) is 5.75 Å². The molecular formula is C26H28N2O2. The summed E-state index contributed by atoms with van der Waals surface area (Å²) in [5.41, 5.74) is 5.83. The van der Waals surface area contributed by atoms with Gasteiger partial charge < -0.3 is 15.0 Å². The summed E-state index contributed by atoms with van der Waals surface area (Å²) in [5.74, 6) is 0.915. The number of hydrogen-bond donors (Lipinski definition) is 1. The first kappa shape index (κ1) is 20.0. The summed E-state index contributed by atoms with van der Waals surface area (Å²) in [6, 6.07) is 24.9. The number of nitrogens with zero attached hydrogens (tertiary/aromatic N) is 1. The fourth-order valence-corrected chi connectivity index (χ4v) is 3.76. The Labute approximate surface area is 178 Å². The third kappa shape index (κ3) is 4.82. The minimum absolute atomic E-state index is 0.0146. The highest BCUT2D eigenvalue weighted by atomic mass is 16.5. The van der Waals surface area contributed by atoms with Gasteiger partial charge in [-0.1, -0.05) is 71.8 Å². The van der Waals surface area contributed by atoms with Gasteiger partial charge in [0.15, 0.2) is 0 Å². The quantitative estimate of drug-likeness (QED) is 0.648. The van der Waals surface area contributed by atoms with Crippen LogP contribution in [-0.4, -0.2) is 18.6 Å². The van der Waals surface area contributed by atoms with E-state index in [1.54, 1.807) is 0 Å². The summed E-state index contributed by atoms with van der Waals surface area (Å²) in [6.45, 7) is 5.94. The van der Waals surface area contributed by atoms with Gasteiger partial charge in [-0.05, 0) is 37.1 Å². The van der Waals surface area contributed by atoms with E-state index in [4.69, 9.17) is 4.74 Å². The molecule has 30 heavy (non-hydrogen) atoms. The summed E-state index contributed by atoms with van der Waals surface area (Å²) in [5, 5.41) is 3.06. The van der Waals surface area contributed by atoms with Crippen LogP contribution >= 0.6 is 0 Å². The maximum Gasteiger partial charge on any atom is 0.222 e. The second kappa shape index (κ2) is 9.04. The van der Waals surface area contributed by atoms with Gasteiger partial charge in [-0.3, -0.25) is 4.79 Å². The van der Waals surface area contributed by atoms with Crippen molar-refractivity contribution in [2.24, 2.45) is 0 Å². The van der Waals surface area contributed by atoms with E-state index in [1.165, 1.54) is 16.7 Å². The third-order valence-electron chi connectivity index (χ3n) is 5.55. The molecule has 1 heterocycles.